The third-order valence-electron chi connectivity index (χ3n) is 1.91. The van der Waals surface area contributed by atoms with Gasteiger partial charge in [-0.15, -0.1) is 0 Å². The van der Waals surface area contributed by atoms with E-state index in [-0.39, 0.29) is 17.0 Å². The van der Waals surface area contributed by atoms with Crippen molar-refractivity contribution < 1.29 is 14.6 Å². The maximum atomic E-state index is 10.5. The molecule has 0 saturated carbocycles. The van der Waals surface area contributed by atoms with Crippen molar-refractivity contribution in [2.45, 2.75) is 60.0 Å². The molecular weight excluding hydrogens is 180 g/mol. The summed E-state index contributed by atoms with van der Waals surface area (Å²) in [5, 5.41) is 10.5. The largest absolute Gasteiger partial charge is 0.588 e. The Labute approximate surface area is 86.7 Å². The van der Waals surface area contributed by atoms with Crippen LogP contribution in [0.5, 0.6) is 0 Å². The minimum atomic E-state index is -0.368. The van der Waals surface area contributed by atoms with Gasteiger partial charge in [-0.1, -0.05) is 6.92 Å². The molecule has 0 amide bonds. The van der Waals surface area contributed by atoms with E-state index in [0.717, 1.165) is 12.8 Å². The fraction of sp³-hybridized carbons (Fsp3) is 0.909. The molecule has 0 atom stereocenters. The molecule has 0 spiro atoms. The Morgan fingerprint density at radius 3 is 2.00 bits per heavy atom. The van der Waals surface area contributed by atoms with Crippen LogP contribution in [0.1, 0.15) is 54.4 Å². The van der Waals surface area contributed by atoms with Gasteiger partial charge in [0, 0.05) is 20.3 Å². The van der Waals surface area contributed by atoms with Crippen LogP contribution in [0.3, 0.4) is 0 Å². The van der Waals surface area contributed by atoms with Gasteiger partial charge in [0.1, 0.15) is 5.41 Å². The van der Waals surface area contributed by atoms with Crippen LogP contribution in [-0.2, 0) is 9.31 Å². The predicted octanol–water partition coefficient (Wildman–Crippen LogP) is 1.97. The van der Waals surface area contributed by atoms with E-state index >= 15 is 0 Å². The molecule has 84 valence electrons. The highest BCUT2D eigenvalue weighted by atomic mass is 17.1. The van der Waals surface area contributed by atoms with Crippen LogP contribution >= 0.6 is 0 Å². The van der Waals surface area contributed by atoms with E-state index in [1.165, 1.54) is 0 Å². The van der Waals surface area contributed by atoms with Gasteiger partial charge in [-0.3, -0.25) is 4.58 Å². The maximum absolute atomic E-state index is 10.5. The van der Waals surface area contributed by atoms with Gasteiger partial charge in [0.25, 0.3) is 0 Å². The Morgan fingerprint density at radius 2 is 1.71 bits per heavy atom. The lowest BCUT2D eigenvalue weighted by atomic mass is 9.96. The van der Waals surface area contributed by atoms with Crippen LogP contribution in [-0.4, -0.2) is 11.6 Å². The van der Waals surface area contributed by atoms with Crippen molar-refractivity contribution in [1.82, 2.24) is 0 Å². The molecule has 0 aromatic rings. The van der Waals surface area contributed by atoms with Gasteiger partial charge in [-0.25, -0.2) is 0 Å². The first-order chi connectivity index (χ1) is 6.23. The molecule has 0 N–H and O–H groups in total. The molecule has 3 nitrogen and oxygen atoms in total. The van der Waals surface area contributed by atoms with Gasteiger partial charge >= 0.3 is 5.97 Å². The first-order valence-corrected chi connectivity index (χ1v) is 5.09. The van der Waals surface area contributed by atoms with Crippen LogP contribution in [0.15, 0.2) is 0 Å². The molecule has 3 heteroatoms. The van der Waals surface area contributed by atoms with Crippen molar-refractivity contribution in [3.05, 3.63) is 0 Å². The van der Waals surface area contributed by atoms with E-state index in [9.17, 15) is 5.26 Å². The molecule has 0 bridgehead atoms. The predicted molar refractivity (Wildman–Crippen MR) is 54.5 cm³/mol. The van der Waals surface area contributed by atoms with E-state index in [1.807, 2.05) is 34.6 Å². The monoisotopic (exact) mass is 202 g/mol. The van der Waals surface area contributed by atoms with E-state index in [0.29, 0.717) is 0 Å². The van der Waals surface area contributed by atoms with Gasteiger partial charge in [0.2, 0.25) is 0 Å². The Hall–Kier alpha value is -0.730. The lowest BCUT2D eigenvalue weighted by molar-refractivity contribution is -1.05. The lowest BCUT2D eigenvalue weighted by Crippen LogP contribution is -2.36. The average molecular weight is 202 g/mol. The summed E-state index contributed by atoms with van der Waals surface area (Å²) in [4.78, 5) is 0. The Kier molecular flexibility index (Phi) is 4.43. The van der Waals surface area contributed by atoms with Crippen LogP contribution in [0.2, 0.25) is 0 Å². The van der Waals surface area contributed by atoms with E-state index in [4.69, 9.17) is 4.74 Å². The van der Waals surface area contributed by atoms with Gasteiger partial charge in [0.15, 0.2) is 5.60 Å². The molecule has 0 fully saturated rings. The second-order valence-electron chi connectivity index (χ2n) is 5.23. The minimum Gasteiger partial charge on any atom is -0.588 e. The zero-order chi connectivity index (χ0) is 11.4. The summed E-state index contributed by atoms with van der Waals surface area (Å²) < 4.78 is 9.62. The van der Waals surface area contributed by atoms with Crippen LogP contribution in [0.4, 0.5) is 0 Å². The average Bonchev–Trinajstić information content (AvgIpc) is 1.98. The highest BCUT2D eigenvalue weighted by Crippen LogP contribution is 2.23. The van der Waals surface area contributed by atoms with Gasteiger partial charge in [0.05, 0.1) is 0 Å². The normalized spacial score (nSPS) is 14.3. The number of hydrogen-bond acceptors (Lipinski definition) is 2. The smallest absolute Gasteiger partial charge is 0.503 e. The first-order valence-electron chi connectivity index (χ1n) is 5.09. The molecule has 0 radical (unpaired) electrons. The van der Waals surface area contributed by atoms with Gasteiger partial charge in [-0.2, -0.15) is 0 Å². The van der Waals surface area contributed by atoms with Gasteiger partial charge < -0.3 is 9.99 Å². The third kappa shape index (κ3) is 4.49. The third-order valence-corrected chi connectivity index (χ3v) is 1.91. The maximum Gasteiger partial charge on any atom is 0.503 e. The Morgan fingerprint density at radius 1 is 1.21 bits per heavy atom. The van der Waals surface area contributed by atoms with Crippen molar-refractivity contribution >= 4 is 5.97 Å². The van der Waals surface area contributed by atoms with Crippen LogP contribution < -0.4 is 5.26 Å². The molecule has 14 heavy (non-hydrogen) atoms. The molecule has 0 saturated heterocycles. The van der Waals surface area contributed by atoms with Crippen LogP contribution in [0.25, 0.3) is 0 Å². The fourth-order valence-electron chi connectivity index (χ4n) is 1.20. The van der Waals surface area contributed by atoms with Crippen molar-refractivity contribution in [1.29, 1.82) is 0 Å². The van der Waals surface area contributed by atoms with Crippen molar-refractivity contribution in [3.8, 4) is 0 Å². The van der Waals surface area contributed by atoms with E-state index in [1.54, 1.807) is 0 Å². The molecule has 0 aromatic carbocycles. The molecule has 0 heterocycles. The number of hydrogen-bond donors (Lipinski definition) is 0. The van der Waals surface area contributed by atoms with Crippen molar-refractivity contribution in [2.75, 3.05) is 0 Å². The molecule has 0 aliphatic carbocycles. The minimum absolute atomic E-state index is 0.163. The zero-order valence-electron chi connectivity index (χ0n) is 10.1. The summed E-state index contributed by atoms with van der Waals surface area (Å²) in [6.07, 6.45) is 1.92. The molecule has 0 aliphatic heterocycles. The summed E-state index contributed by atoms with van der Waals surface area (Å²) in [6, 6.07) is 0. The number of ether oxygens (including phenoxy) is 1. The topological polar surface area (TPSA) is 43.6 Å². The second kappa shape index (κ2) is 4.67. The summed E-state index contributed by atoms with van der Waals surface area (Å²) in [6.45, 7) is 11.7. The quantitative estimate of drug-likeness (QED) is 0.304. The van der Waals surface area contributed by atoms with Crippen LogP contribution in [0, 0.1) is 5.41 Å². The number of carbonyl (C=O) groups excluding carboxylic acids is 1. The zero-order valence-corrected chi connectivity index (χ0v) is 10.1. The molecule has 0 aromatic heterocycles. The van der Waals surface area contributed by atoms with E-state index in [2.05, 4.69) is 11.5 Å². The number of rotatable bonds is 3. The standard InChI is InChI=1S/C11H22O3/c1-7-8-11(5,6)13-9(14-12)10(2,3)4/h7-8H2,1-6H3. The summed E-state index contributed by atoms with van der Waals surface area (Å²) in [5.41, 5.74) is -0.700. The first kappa shape index (κ1) is 13.3. The summed E-state index contributed by atoms with van der Waals surface area (Å²) in [5.74, 6) is 0.163. The highest BCUT2D eigenvalue weighted by molar-refractivity contribution is 5.75. The summed E-state index contributed by atoms with van der Waals surface area (Å²) in [7, 11) is 0. The Balaban J connectivity index is 4.49. The van der Waals surface area contributed by atoms with Crippen molar-refractivity contribution in [2.24, 2.45) is 5.41 Å². The molecule has 0 aliphatic rings. The van der Waals surface area contributed by atoms with Gasteiger partial charge in [-0.05, 0) is 27.2 Å². The Bertz CT molecular complexity index is 199. The van der Waals surface area contributed by atoms with E-state index < -0.39 is 0 Å². The molecule has 0 unspecified atom stereocenters. The highest BCUT2D eigenvalue weighted by Gasteiger charge is 2.39. The molecular formula is C11H22O3. The lowest BCUT2D eigenvalue weighted by Gasteiger charge is -2.21. The second-order valence-corrected chi connectivity index (χ2v) is 5.23. The summed E-state index contributed by atoms with van der Waals surface area (Å²) >= 11 is 0. The molecule has 0 rings (SSSR count). The fourth-order valence-corrected chi connectivity index (χ4v) is 1.20. The SMILES string of the molecule is CCCC(C)(C)OC(=[O+][O-])C(C)(C)C. The number of esters is 1. The van der Waals surface area contributed by atoms with Crippen molar-refractivity contribution in [3.63, 3.8) is 0 Å².